The largest absolute Gasteiger partial charge is 0.369 e. The number of hydrogen-bond donors (Lipinski definition) is 1. The summed E-state index contributed by atoms with van der Waals surface area (Å²) in [6.45, 7) is 0. The van der Waals surface area contributed by atoms with Crippen LogP contribution in [0.25, 0.3) is 0 Å². The number of halogens is 2. The zero-order valence-electron chi connectivity index (χ0n) is 5.27. The van der Waals surface area contributed by atoms with Gasteiger partial charge in [-0.05, 0) is 12.1 Å². The van der Waals surface area contributed by atoms with Gasteiger partial charge in [-0.3, -0.25) is 0 Å². The van der Waals surface area contributed by atoms with E-state index in [1.165, 1.54) is 6.07 Å². The molecular weight excluding hydrogens is 153 g/mol. The number of anilines is 1. The van der Waals surface area contributed by atoms with Gasteiger partial charge in [0.25, 0.3) is 0 Å². The van der Waals surface area contributed by atoms with Crippen molar-refractivity contribution >= 4 is 17.3 Å². The third kappa shape index (κ3) is 1.61. The van der Waals surface area contributed by atoms with Crippen LogP contribution < -0.4 is 5.32 Å². The molecule has 1 rings (SSSR count). The highest BCUT2D eigenvalue weighted by Crippen LogP contribution is 2.11. The van der Waals surface area contributed by atoms with Crippen LogP contribution in [0.5, 0.6) is 0 Å². The van der Waals surface area contributed by atoms with Gasteiger partial charge in [-0.2, -0.15) is 0 Å². The molecule has 1 aromatic rings. The second-order valence-electron chi connectivity index (χ2n) is 1.79. The standard InChI is InChI=1S/C7H7ClFN/c8-5-10-7-4-2-1-3-6(7)9/h1-4,10H,5H2. The van der Waals surface area contributed by atoms with Crippen molar-refractivity contribution in [2.75, 3.05) is 11.3 Å². The van der Waals surface area contributed by atoms with Crippen LogP contribution in [0.15, 0.2) is 24.3 Å². The fourth-order valence-electron chi connectivity index (χ4n) is 0.677. The first kappa shape index (κ1) is 7.35. The normalized spacial score (nSPS) is 9.40. The van der Waals surface area contributed by atoms with Crippen LogP contribution in [-0.2, 0) is 0 Å². The second kappa shape index (κ2) is 3.42. The molecule has 0 aromatic heterocycles. The zero-order valence-corrected chi connectivity index (χ0v) is 6.03. The lowest BCUT2D eigenvalue weighted by Gasteiger charge is -2.00. The van der Waals surface area contributed by atoms with Crippen molar-refractivity contribution in [3.8, 4) is 0 Å². The van der Waals surface area contributed by atoms with Crippen molar-refractivity contribution in [1.82, 2.24) is 0 Å². The van der Waals surface area contributed by atoms with Crippen molar-refractivity contribution in [1.29, 1.82) is 0 Å². The predicted molar refractivity (Wildman–Crippen MR) is 40.7 cm³/mol. The zero-order chi connectivity index (χ0) is 7.40. The number of hydrogen-bond acceptors (Lipinski definition) is 1. The van der Waals surface area contributed by atoms with Gasteiger partial charge in [-0.25, -0.2) is 4.39 Å². The first-order valence-corrected chi connectivity index (χ1v) is 3.42. The Morgan fingerprint density at radius 3 is 2.70 bits per heavy atom. The van der Waals surface area contributed by atoms with Crippen LogP contribution in [0.2, 0.25) is 0 Å². The minimum absolute atomic E-state index is 0.223. The molecule has 1 N–H and O–H groups in total. The first-order valence-electron chi connectivity index (χ1n) is 2.89. The van der Waals surface area contributed by atoms with Gasteiger partial charge in [0.1, 0.15) is 5.82 Å². The number of benzene rings is 1. The molecule has 1 aromatic carbocycles. The molecule has 0 radical (unpaired) electrons. The number of alkyl halides is 1. The van der Waals surface area contributed by atoms with E-state index in [1.54, 1.807) is 18.2 Å². The highest BCUT2D eigenvalue weighted by Gasteiger charge is 1.95. The van der Waals surface area contributed by atoms with E-state index in [0.717, 1.165) is 0 Å². The summed E-state index contributed by atoms with van der Waals surface area (Å²) in [5.41, 5.74) is 0.442. The highest BCUT2D eigenvalue weighted by atomic mass is 35.5. The maximum Gasteiger partial charge on any atom is 0.146 e. The summed E-state index contributed by atoms with van der Waals surface area (Å²) in [5.74, 6) is -0.275. The molecule has 3 heteroatoms. The summed E-state index contributed by atoms with van der Waals surface area (Å²) < 4.78 is 12.7. The van der Waals surface area contributed by atoms with E-state index >= 15 is 0 Å². The van der Waals surface area contributed by atoms with Crippen LogP contribution in [0.3, 0.4) is 0 Å². The third-order valence-electron chi connectivity index (χ3n) is 1.13. The Labute approximate surface area is 63.8 Å². The van der Waals surface area contributed by atoms with E-state index in [1.807, 2.05) is 0 Å². The van der Waals surface area contributed by atoms with Gasteiger partial charge >= 0.3 is 0 Å². The molecule has 0 fully saturated rings. The Kier molecular flexibility index (Phi) is 2.51. The second-order valence-corrected chi connectivity index (χ2v) is 2.06. The number of para-hydroxylation sites is 1. The molecule has 0 bridgehead atoms. The van der Waals surface area contributed by atoms with Crippen molar-refractivity contribution in [3.63, 3.8) is 0 Å². The molecule has 0 amide bonds. The van der Waals surface area contributed by atoms with E-state index in [9.17, 15) is 4.39 Å². The van der Waals surface area contributed by atoms with Gasteiger partial charge in [-0.15, -0.1) is 11.6 Å². The molecule has 0 heterocycles. The maximum absolute atomic E-state index is 12.7. The van der Waals surface area contributed by atoms with E-state index < -0.39 is 0 Å². The Morgan fingerprint density at radius 2 is 2.10 bits per heavy atom. The summed E-state index contributed by atoms with van der Waals surface area (Å²) in [4.78, 5) is 0. The molecule has 10 heavy (non-hydrogen) atoms. The van der Waals surface area contributed by atoms with Crippen LogP contribution in [0.4, 0.5) is 10.1 Å². The lowest BCUT2D eigenvalue weighted by Crippen LogP contribution is -1.96. The number of nitrogens with one attached hydrogen (secondary N) is 1. The molecule has 0 atom stereocenters. The van der Waals surface area contributed by atoms with Crippen molar-refractivity contribution in [2.24, 2.45) is 0 Å². The van der Waals surface area contributed by atoms with Gasteiger partial charge in [0.2, 0.25) is 0 Å². The maximum atomic E-state index is 12.7. The highest BCUT2D eigenvalue weighted by molar-refractivity contribution is 6.18. The Balaban J connectivity index is 2.81. The van der Waals surface area contributed by atoms with Crippen molar-refractivity contribution in [3.05, 3.63) is 30.1 Å². The quantitative estimate of drug-likeness (QED) is 0.516. The smallest absolute Gasteiger partial charge is 0.146 e. The Morgan fingerprint density at radius 1 is 1.40 bits per heavy atom. The van der Waals surface area contributed by atoms with E-state index in [-0.39, 0.29) is 11.8 Å². The van der Waals surface area contributed by atoms with Gasteiger partial charge in [0.15, 0.2) is 0 Å². The average Bonchev–Trinajstić information content (AvgIpc) is 1.94. The summed E-state index contributed by atoms with van der Waals surface area (Å²) in [5, 5.41) is 2.67. The molecule has 0 aliphatic heterocycles. The third-order valence-corrected chi connectivity index (χ3v) is 1.26. The van der Waals surface area contributed by atoms with Gasteiger partial charge < -0.3 is 5.32 Å². The predicted octanol–water partition coefficient (Wildman–Crippen LogP) is 2.43. The van der Waals surface area contributed by atoms with E-state index in [4.69, 9.17) is 11.6 Å². The topological polar surface area (TPSA) is 12.0 Å². The van der Waals surface area contributed by atoms with Crippen molar-refractivity contribution < 1.29 is 4.39 Å². The Hall–Kier alpha value is -0.760. The summed E-state index contributed by atoms with van der Waals surface area (Å²) in [6.07, 6.45) is 0. The molecule has 0 unspecified atom stereocenters. The molecule has 54 valence electrons. The monoisotopic (exact) mass is 159 g/mol. The molecule has 0 saturated heterocycles. The first-order chi connectivity index (χ1) is 4.84. The van der Waals surface area contributed by atoms with Gasteiger partial charge in [0, 0.05) is 0 Å². The molecule has 0 saturated carbocycles. The molecular formula is C7H7ClFN. The fourth-order valence-corrected chi connectivity index (χ4v) is 0.821. The minimum atomic E-state index is -0.275. The number of rotatable bonds is 2. The molecule has 0 spiro atoms. The van der Waals surface area contributed by atoms with E-state index in [0.29, 0.717) is 5.69 Å². The summed E-state index contributed by atoms with van der Waals surface area (Å²) >= 11 is 5.33. The molecule has 0 aliphatic carbocycles. The van der Waals surface area contributed by atoms with Crippen LogP contribution in [0, 0.1) is 5.82 Å². The lowest BCUT2D eigenvalue weighted by molar-refractivity contribution is 0.631. The summed E-state index contributed by atoms with van der Waals surface area (Å²) in [6, 6.07) is 6.63. The van der Waals surface area contributed by atoms with Crippen LogP contribution in [-0.4, -0.2) is 6.00 Å². The Bertz CT molecular complexity index is 215. The SMILES string of the molecule is Fc1ccccc1NCCl. The van der Waals surface area contributed by atoms with E-state index in [2.05, 4.69) is 5.32 Å². The fraction of sp³-hybridized carbons (Fsp3) is 0.143. The van der Waals surface area contributed by atoms with Crippen molar-refractivity contribution in [2.45, 2.75) is 0 Å². The lowest BCUT2D eigenvalue weighted by atomic mass is 10.3. The molecule has 1 nitrogen and oxygen atoms in total. The average molecular weight is 160 g/mol. The van der Waals surface area contributed by atoms with Gasteiger partial charge in [0.05, 0.1) is 11.7 Å². The summed E-state index contributed by atoms with van der Waals surface area (Å²) in [7, 11) is 0. The molecule has 0 aliphatic rings. The van der Waals surface area contributed by atoms with Crippen LogP contribution >= 0.6 is 11.6 Å². The minimum Gasteiger partial charge on any atom is -0.369 e. The van der Waals surface area contributed by atoms with Gasteiger partial charge in [-0.1, -0.05) is 12.1 Å². The van der Waals surface area contributed by atoms with Crippen LogP contribution in [0.1, 0.15) is 0 Å².